The molecule has 0 saturated heterocycles. The summed E-state index contributed by atoms with van der Waals surface area (Å²) in [5.41, 5.74) is 1.03. The van der Waals surface area contributed by atoms with Crippen LogP contribution in [0.5, 0.6) is 5.75 Å². The minimum Gasteiger partial charge on any atom is -0.484 e. The Morgan fingerprint density at radius 2 is 1.81 bits per heavy atom. The van der Waals surface area contributed by atoms with E-state index < -0.39 is 17.8 Å². The molecule has 32 heavy (non-hydrogen) atoms. The Kier molecular flexibility index (Phi) is 8.26. The van der Waals surface area contributed by atoms with Gasteiger partial charge < -0.3 is 15.4 Å². The van der Waals surface area contributed by atoms with Gasteiger partial charge in [0.1, 0.15) is 17.5 Å². The Morgan fingerprint density at radius 3 is 2.44 bits per heavy atom. The number of benzene rings is 2. The molecule has 2 aromatic carbocycles. The van der Waals surface area contributed by atoms with Crippen molar-refractivity contribution in [2.75, 3.05) is 5.32 Å². The first-order valence-corrected chi connectivity index (χ1v) is 11.5. The third-order valence-corrected chi connectivity index (χ3v) is 6.07. The van der Waals surface area contributed by atoms with Crippen LogP contribution in [-0.2, 0) is 4.79 Å². The highest BCUT2D eigenvalue weighted by molar-refractivity contribution is 5.97. The van der Waals surface area contributed by atoms with Gasteiger partial charge in [0.25, 0.3) is 5.91 Å². The number of ether oxygens (including phenoxy) is 1. The maximum absolute atomic E-state index is 14.9. The van der Waals surface area contributed by atoms with E-state index in [-0.39, 0.29) is 28.9 Å². The molecule has 2 N–H and O–H groups in total. The Bertz CT molecular complexity index is 924. The van der Waals surface area contributed by atoms with Gasteiger partial charge in [-0.3, -0.25) is 9.59 Å². The zero-order chi connectivity index (χ0) is 23.1. The average molecular weight is 441 g/mol. The third-order valence-electron chi connectivity index (χ3n) is 6.07. The van der Waals surface area contributed by atoms with Crippen LogP contribution in [0.1, 0.15) is 81.3 Å². The summed E-state index contributed by atoms with van der Waals surface area (Å²) in [7, 11) is 0. The standard InChI is InChI=1S/C26H33FN2O3/c1-4-8-19-11-13-22(14-12-19)29-26(31)21-15-23(27)25(28-18(3)30)24(16-21)32-17(2)20-9-6-5-7-10-20/h5-7,9-10,15-17,19,22H,4,8,11-14H2,1-3H3,(H,28,30)(H,29,31). The van der Waals surface area contributed by atoms with Crippen LogP contribution >= 0.6 is 0 Å². The van der Waals surface area contributed by atoms with Gasteiger partial charge in [0.15, 0.2) is 5.82 Å². The molecule has 0 aliphatic heterocycles. The molecule has 0 spiro atoms. The maximum atomic E-state index is 14.9. The SMILES string of the molecule is CCCC1CCC(NC(=O)c2cc(F)c(NC(C)=O)c(OC(C)c3ccccc3)c2)CC1. The fraction of sp³-hybridized carbons (Fsp3) is 0.462. The van der Waals surface area contributed by atoms with E-state index in [1.54, 1.807) is 0 Å². The summed E-state index contributed by atoms with van der Waals surface area (Å²) in [6, 6.07) is 12.3. The highest BCUT2D eigenvalue weighted by atomic mass is 19.1. The third kappa shape index (κ3) is 6.31. The lowest BCUT2D eigenvalue weighted by molar-refractivity contribution is -0.114. The molecule has 2 aromatic rings. The molecule has 0 radical (unpaired) electrons. The van der Waals surface area contributed by atoms with E-state index in [9.17, 15) is 14.0 Å². The predicted octanol–water partition coefficient (Wildman–Crippen LogP) is 6.01. The normalized spacial score (nSPS) is 19.1. The van der Waals surface area contributed by atoms with Gasteiger partial charge in [0.05, 0.1) is 0 Å². The summed E-state index contributed by atoms with van der Waals surface area (Å²) in [6.45, 7) is 5.34. The van der Waals surface area contributed by atoms with Crippen molar-refractivity contribution in [1.82, 2.24) is 5.32 Å². The van der Waals surface area contributed by atoms with Gasteiger partial charge in [-0.2, -0.15) is 0 Å². The molecule has 1 fully saturated rings. The first-order valence-electron chi connectivity index (χ1n) is 11.5. The summed E-state index contributed by atoms with van der Waals surface area (Å²) in [4.78, 5) is 24.5. The summed E-state index contributed by atoms with van der Waals surface area (Å²) >= 11 is 0. The molecule has 0 aromatic heterocycles. The van der Waals surface area contributed by atoms with Gasteiger partial charge >= 0.3 is 0 Å². The van der Waals surface area contributed by atoms with E-state index >= 15 is 0 Å². The topological polar surface area (TPSA) is 67.4 Å². The molecule has 5 nitrogen and oxygen atoms in total. The number of carbonyl (C=O) groups is 2. The summed E-state index contributed by atoms with van der Waals surface area (Å²) in [6.07, 6.45) is 6.13. The summed E-state index contributed by atoms with van der Waals surface area (Å²) in [5, 5.41) is 5.54. The van der Waals surface area contributed by atoms with E-state index in [0.29, 0.717) is 0 Å². The largest absolute Gasteiger partial charge is 0.484 e. The Labute approximate surface area is 189 Å². The van der Waals surface area contributed by atoms with Crippen molar-refractivity contribution in [3.8, 4) is 5.75 Å². The zero-order valence-electron chi connectivity index (χ0n) is 19.1. The highest BCUT2D eigenvalue weighted by Gasteiger charge is 2.24. The average Bonchev–Trinajstić information content (AvgIpc) is 2.77. The van der Waals surface area contributed by atoms with Crippen molar-refractivity contribution in [2.45, 2.75) is 71.4 Å². The first-order chi connectivity index (χ1) is 15.4. The maximum Gasteiger partial charge on any atom is 0.251 e. The lowest BCUT2D eigenvalue weighted by Crippen LogP contribution is -2.37. The number of rotatable bonds is 8. The van der Waals surface area contributed by atoms with Crippen molar-refractivity contribution in [3.05, 3.63) is 59.4 Å². The molecule has 1 aliphatic carbocycles. The van der Waals surface area contributed by atoms with Gasteiger partial charge in [0.2, 0.25) is 5.91 Å². The molecular weight excluding hydrogens is 407 g/mol. The van der Waals surface area contributed by atoms with Gasteiger partial charge in [-0.1, -0.05) is 50.1 Å². The van der Waals surface area contributed by atoms with E-state index in [1.165, 1.54) is 25.8 Å². The quantitative estimate of drug-likeness (QED) is 0.528. The molecule has 1 saturated carbocycles. The van der Waals surface area contributed by atoms with E-state index in [2.05, 4.69) is 17.6 Å². The Morgan fingerprint density at radius 1 is 1.12 bits per heavy atom. The van der Waals surface area contributed by atoms with Crippen molar-refractivity contribution in [3.63, 3.8) is 0 Å². The molecule has 2 amide bonds. The second kappa shape index (κ2) is 11.1. The van der Waals surface area contributed by atoms with Crippen LogP contribution in [0.4, 0.5) is 10.1 Å². The molecule has 0 bridgehead atoms. The van der Waals surface area contributed by atoms with Crippen LogP contribution in [0.25, 0.3) is 0 Å². The summed E-state index contributed by atoms with van der Waals surface area (Å²) in [5.74, 6) is -0.568. The Balaban J connectivity index is 1.77. The number of carbonyl (C=O) groups excluding carboxylic acids is 2. The van der Waals surface area contributed by atoms with Crippen molar-refractivity contribution in [1.29, 1.82) is 0 Å². The second-order valence-corrected chi connectivity index (χ2v) is 8.66. The number of hydrogen-bond acceptors (Lipinski definition) is 3. The molecule has 172 valence electrons. The number of nitrogens with one attached hydrogen (secondary N) is 2. The van der Waals surface area contributed by atoms with Crippen molar-refractivity contribution < 1.29 is 18.7 Å². The van der Waals surface area contributed by atoms with Crippen LogP contribution < -0.4 is 15.4 Å². The summed E-state index contributed by atoms with van der Waals surface area (Å²) < 4.78 is 20.9. The van der Waals surface area contributed by atoms with E-state index in [1.807, 2.05) is 37.3 Å². The van der Waals surface area contributed by atoms with Crippen LogP contribution in [0.2, 0.25) is 0 Å². The van der Waals surface area contributed by atoms with Crippen LogP contribution in [0, 0.1) is 11.7 Å². The lowest BCUT2D eigenvalue weighted by Gasteiger charge is -2.29. The smallest absolute Gasteiger partial charge is 0.251 e. The lowest BCUT2D eigenvalue weighted by atomic mass is 9.83. The number of anilines is 1. The minimum atomic E-state index is -0.699. The number of halogens is 1. The van der Waals surface area contributed by atoms with Crippen LogP contribution in [0.3, 0.4) is 0 Å². The fourth-order valence-electron chi connectivity index (χ4n) is 4.36. The molecular formula is C26H33FN2O3. The number of amides is 2. The van der Waals surface area contributed by atoms with Crippen LogP contribution in [0.15, 0.2) is 42.5 Å². The molecule has 1 atom stereocenters. The van der Waals surface area contributed by atoms with Crippen molar-refractivity contribution >= 4 is 17.5 Å². The van der Waals surface area contributed by atoms with Gasteiger partial charge in [0, 0.05) is 18.5 Å². The first kappa shape index (κ1) is 23.8. The van der Waals surface area contributed by atoms with Gasteiger partial charge in [-0.15, -0.1) is 0 Å². The van der Waals surface area contributed by atoms with E-state index in [4.69, 9.17) is 4.74 Å². The van der Waals surface area contributed by atoms with Gasteiger partial charge in [-0.05, 0) is 56.2 Å². The Hall–Kier alpha value is -2.89. The monoisotopic (exact) mass is 440 g/mol. The van der Waals surface area contributed by atoms with Gasteiger partial charge in [-0.25, -0.2) is 4.39 Å². The van der Waals surface area contributed by atoms with Crippen molar-refractivity contribution in [2.24, 2.45) is 5.92 Å². The van der Waals surface area contributed by atoms with Crippen LogP contribution in [-0.4, -0.2) is 17.9 Å². The van der Waals surface area contributed by atoms with E-state index in [0.717, 1.165) is 43.2 Å². The predicted molar refractivity (Wildman–Crippen MR) is 124 cm³/mol. The molecule has 1 aliphatic rings. The highest BCUT2D eigenvalue weighted by Crippen LogP contribution is 2.34. The second-order valence-electron chi connectivity index (χ2n) is 8.66. The minimum absolute atomic E-state index is 0.0584. The number of hydrogen-bond donors (Lipinski definition) is 2. The molecule has 0 heterocycles. The molecule has 6 heteroatoms. The fourth-order valence-corrected chi connectivity index (χ4v) is 4.36. The molecule has 3 rings (SSSR count). The molecule has 1 unspecified atom stereocenters. The zero-order valence-corrected chi connectivity index (χ0v) is 19.1.